The first-order chi connectivity index (χ1) is 20.1. The van der Waals surface area contributed by atoms with Gasteiger partial charge < -0.3 is 4.74 Å². The number of azide groups is 4. The molecule has 0 radical (unpaired) electrons. The summed E-state index contributed by atoms with van der Waals surface area (Å²) in [6.07, 6.45) is -3.04. The van der Waals surface area contributed by atoms with E-state index in [-0.39, 0.29) is 0 Å². The molecule has 0 aromatic heterocycles. The number of nitrogens with zero attached hydrogens (tertiary/aromatic N) is 22. The number of ether oxygens (including phenoxy) is 1. The first-order valence-corrected chi connectivity index (χ1v) is 10.6. The Labute approximate surface area is 233 Å². The fraction of sp³-hybridized carbons (Fsp3) is 1.00. The van der Waals surface area contributed by atoms with Crippen molar-refractivity contribution >= 4 is 0 Å². The van der Waals surface area contributed by atoms with Crippen LogP contribution in [0.15, 0.2) is 30.7 Å². The van der Waals surface area contributed by atoms with Crippen molar-refractivity contribution in [2.75, 3.05) is 13.2 Å². The molecule has 0 aromatic carbocycles. The predicted molar refractivity (Wildman–Crippen MR) is 133 cm³/mol. The summed E-state index contributed by atoms with van der Waals surface area (Å²) in [5.41, 5.74) is 41.8. The van der Waals surface area contributed by atoms with Crippen molar-refractivity contribution in [1.82, 2.24) is 0 Å². The Kier molecular flexibility index (Phi) is 12.9. The molecule has 0 spiro atoms. The van der Waals surface area contributed by atoms with Crippen LogP contribution in [-0.2, 0) is 4.74 Å². The average Bonchev–Trinajstić information content (AvgIpc) is 2.91. The van der Waals surface area contributed by atoms with Gasteiger partial charge in [0.1, 0.15) is 12.8 Å². The molecule has 0 aliphatic carbocycles. The van der Waals surface area contributed by atoms with E-state index in [9.17, 15) is 40.5 Å². The molecule has 0 aliphatic heterocycles. The molecule has 0 bridgehead atoms. The zero-order valence-corrected chi connectivity index (χ0v) is 21.5. The molecule has 0 aromatic rings. The van der Waals surface area contributed by atoms with E-state index in [4.69, 9.17) is 37.9 Å². The molecule has 0 saturated heterocycles. The van der Waals surface area contributed by atoms with E-state index in [2.05, 4.69) is 60.2 Å². The lowest BCUT2D eigenvalue weighted by atomic mass is 9.91. The van der Waals surface area contributed by atoms with Crippen LogP contribution in [0.1, 0.15) is 26.7 Å². The highest BCUT2D eigenvalue weighted by molar-refractivity contribution is 5.03. The van der Waals surface area contributed by atoms with Crippen LogP contribution in [0, 0.1) is 40.5 Å². The van der Waals surface area contributed by atoms with Gasteiger partial charge in [-0.05, 0) is 33.2 Å². The zero-order chi connectivity index (χ0) is 33.5. The topological polar surface area (TPSA) is 474 Å². The maximum absolute atomic E-state index is 11.5. The fourth-order valence-corrected chi connectivity index (χ4v) is 3.31. The third-order valence-corrected chi connectivity index (χ3v) is 5.64. The van der Waals surface area contributed by atoms with Crippen LogP contribution in [0.25, 0.3) is 62.7 Å². The highest BCUT2D eigenvalue weighted by atomic mass is 16.7. The SMILES string of the molecule is CC(CC(N=[N+]=[N-])(N=[N+]=[N-])C(COCC(N=[N+]=[N-])C(CC(C)([N+](=O)[O-])[N+](=O)[O-])(N=[N+]=[N-])N=[N+]=[N-])N=[N+]=[N-])([N+](=O)[O-])[N+](=O)[O-]. The molecule has 0 amide bonds. The van der Waals surface area contributed by atoms with Crippen LogP contribution in [0.5, 0.6) is 0 Å². The Balaban J connectivity index is 7.00. The van der Waals surface area contributed by atoms with Crippen molar-refractivity contribution in [3.05, 3.63) is 103 Å². The molecule has 0 fully saturated rings. The van der Waals surface area contributed by atoms with Crippen LogP contribution < -0.4 is 0 Å². The van der Waals surface area contributed by atoms with Gasteiger partial charge in [-0.1, -0.05) is 30.7 Å². The molecular formula is C12H16N22O9. The minimum Gasteiger partial charge on any atom is -0.381 e. The predicted octanol–water partition coefficient (Wildman–Crippen LogP) is 4.31. The second-order valence-corrected chi connectivity index (χ2v) is 8.31. The summed E-state index contributed by atoms with van der Waals surface area (Å²) in [5, 5.41) is 64.6. The lowest BCUT2D eigenvalue weighted by molar-refractivity contribution is -0.794. The first-order valence-electron chi connectivity index (χ1n) is 10.6. The summed E-state index contributed by atoms with van der Waals surface area (Å²) in [6.45, 7) is -1.42. The normalized spacial score (nSPS) is 14.7. The number of rotatable bonds is 20. The lowest BCUT2D eigenvalue weighted by Crippen LogP contribution is -2.54. The summed E-state index contributed by atoms with van der Waals surface area (Å²) >= 11 is 0. The van der Waals surface area contributed by atoms with E-state index in [1.165, 1.54) is 0 Å². The minimum absolute atomic E-state index is 0.447. The number of hydrogen-bond donors (Lipinski definition) is 0. The molecule has 0 heterocycles. The zero-order valence-electron chi connectivity index (χ0n) is 21.5. The Hall–Kier alpha value is -6.58. The van der Waals surface area contributed by atoms with Crippen LogP contribution in [0.4, 0.5) is 0 Å². The molecule has 31 nitrogen and oxygen atoms in total. The van der Waals surface area contributed by atoms with E-state index in [0.29, 0.717) is 13.8 Å². The number of nitro groups is 4. The second kappa shape index (κ2) is 15.3. The fourth-order valence-electron chi connectivity index (χ4n) is 3.31. The summed E-state index contributed by atoms with van der Waals surface area (Å²) < 4.78 is 5.19. The third-order valence-electron chi connectivity index (χ3n) is 5.64. The second-order valence-electron chi connectivity index (χ2n) is 8.31. The highest BCUT2D eigenvalue weighted by Gasteiger charge is 2.60. The standard InChI is InChI=1S/C12H16N22O9/c1-9(31(35)36,32(37)38)5-11(21-27-15,22-28-16)7(19-25-13)3-43-4-8(20-26-14)12(23-29-17,24-30-18)6-10(2,33(39)40)34(41)42/h7-8H,3-6H2,1-2H3. The average molecular weight is 612 g/mol. The Bertz CT molecular complexity index is 1250. The minimum atomic E-state index is -3.22. The van der Waals surface area contributed by atoms with E-state index in [1.54, 1.807) is 0 Å². The van der Waals surface area contributed by atoms with Gasteiger partial charge in [0, 0.05) is 29.5 Å². The first kappa shape index (κ1) is 36.4. The summed E-state index contributed by atoms with van der Waals surface area (Å²) in [7, 11) is 0. The van der Waals surface area contributed by atoms with Crippen LogP contribution in [-0.4, -0.2) is 67.6 Å². The van der Waals surface area contributed by atoms with Crippen molar-refractivity contribution in [3.8, 4) is 0 Å². The Morgan fingerprint density at radius 1 is 0.581 bits per heavy atom. The molecular weight excluding hydrogens is 596 g/mol. The molecule has 31 heteroatoms. The van der Waals surface area contributed by atoms with Gasteiger partial charge in [-0.3, -0.25) is 40.5 Å². The molecule has 0 N–H and O–H groups in total. The third kappa shape index (κ3) is 8.21. The summed E-state index contributed by atoms with van der Waals surface area (Å²) in [5.74, 6) is 0. The van der Waals surface area contributed by atoms with Gasteiger partial charge in [0.15, 0.2) is 11.3 Å². The lowest BCUT2D eigenvalue weighted by Gasteiger charge is -2.33. The molecule has 2 unspecified atom stereocenters. The summed E-state index contributed by atoms with van der Waals surface area (Å²) in [6, 6.07) is -4.29. The van der Waals surface area contributed by atoms with Crippen molar-refractivity contribution in [2.45, 2.75) is 61.4 Å². The van der Waals surface area contributed by atoms with Crippen molar-refractivity contribution in [1.29, 1.82) is 0 Å². The molecule has 0 saturated carbocycles. The smallest absolute Gasteiger partial charge is 0.381 e. The maximum atomic E-state index is 11.5. The molecule has 0 rings (SSSR count). The van der Waals surface area contributed by atoms with E-state index < -0.39 is 80.5 Å². The monoisotopic (exact) mass is 612 g/mol. The van der Waals surface area contributed by atoms with Gasteiger partial charge in [0.25, 0.3) is 0 Å². The van der Waals surface area contributed by atoms with Crippen molar-refractivity contribution < 1.29 is 24.4 Å². The quantitative estimate of drug-likeness (QED) is 0.0471. The van der Waals surface area contributed by atoms with Crippen LogP contribution >= 0.6 is 0 Å². The maximum Gasteiger partial charge on any atom is 0.456 e. The summed E-state index contributed by atoms with van der Waals surface area (Å²) in [4.78, 5) is 54.4. The number of hydrogen-bond acceptors (Lipinski definition) is 15. The van der Waals surface area contributed by atoms with Crippen LogP contribution in [0.3, 0.4) is 0 Å². The van der Waals surface area contributed by atoms with Crippen LogP contribution in [0.2, 0.25) is 0 Å². The van der Waals surface area contributed by atoms with Gasteiger partial charge in [0.05, 0.1) is 58.8 Å². The molecule has 2 atom stereocenters. The van der Waals surface area contributed by atoms with E-state index >= 15 is 0 Å². The highest BCUT2D eigenvalue weighted by Crippen LogP contribution is 2.36. The molecule has 0 aliphatic rings. The Morgan fingerprint density at radius 2 is 0.837 bits per heavy atom. The van der Waals surface area contributed by atoms with Crippen molar-refractivity contribution in [2.24, 2.45) is 30.7 Å². The van der Waals surface area contributed by atoms with E-state index in [1.807, 2.05) is 0 Å². The van der Waals surface area contributed by atoms with E-state index in [0.717, 1.165) is 0 Å². The molecule has 228 valence electrons. The van der Waals surface area contributed by atoms with Gasteiger partial charge in [-0.25, -0.2) is 0 Å². The molecule has 43 heavy (non-hydrogen) atoms. The van der Waals surface area contributed by atoms with Gasteiger partial charge in [0.2, 0.25) is 0 Å². The largest absolute Gasteiger partial charge is 0.456 e. The van der Waals surface area contributed by atoms with Gasteiger partial charge >= 0.3 is 11.3 Å². The van der Waals surface area contributed by atoms with Crippen molar-refractivity contribution in [3.63, 3.8) is 0 Å². The Morgan fingerprint density at radius 3 is 1.02 bits per heavy atom. The van der Waals surface area contributed by atoms with Gasteiger partial charge in [-0.15, -0.1) is 0 Å². The van der Waals surface area contributed by atoms with Gasteiger partial charge in [-0.2, -0.15) is 0 Å².